The van der Waals surface area contributed by atoms with E-state index in [9.17, 15) is 5.11 Å². The Kier molecular flexibility index (Phi) is 4.27. The first-order valence-electron chi connectivity index (χ1n) is 5.66. The molecule has 3 nitrogen and oxygen atoms in total. The largest absolute Gasteiger partial charge is 0.388 e. The van der Waals surface area contributed by atoms with Gasteiger partial charge in [0.05, 0.1) is 12.3 Å². The Hall–Kier alpha value is -1.03. The van der Waals surface area contributed by atoms with Gasteiger partial charge in [-0.2, -0.15) is 5.10 Å². The lowest BCUT2D eigenvalue weighted by Crippen LogP contribution is -1.99. The fraction of sp³-hybridized carbons (Fsp3) is 0.308. The minimum Gasteiger partial charge on any atom is -0.388 e. The normalized spacial score (nSPS) is 12.7. The molecule has 5 heteroatoms. The van der Waals surface area contributed by atoms with Crippen LogP contribution in [0, 0.1) is 0 Å². The highest BCUT2D eigenvalue weighted by atomic mass is 35.5. The second-order valence-corrected chi connectivity index (χ2v) is 5.15. The van der Waals surface area contributed by atoms with Crippen LogP contribution < -0.4 is 0 Å². The molecule has 0 aliphatic heterocycles. The van der Waals surface area contributed by atoms with Gasteiger partial charge >= 0.3 is 0 Å². The third kappa shape index (κ3) is 3.48. The summed E-state index contributed by atoms with van der Waals surface area (Å²) in [6.07, 6.45) is 4.55. The monoisotopic (exact) mass is 284 g/mol. The highest BCUT2D eigenvalue weighted by Gasteiger charge is 2.10. The van der Waals surface area contributed by atoms with Gasteiger partial charge in [-0.05, 0) is 42.2 Å². The van der Waals surface area contributed by atoms with E-state index < -0.39 is 6.10 Å². The van der Waals surface area contributed by atoms with Gasteiger partial charge < -0.3 is 5.11 Å². The predicted octanol–water partition coefficient (Wildman–Crippen LogP) is 3.39. The Labute approximate surface area is 116 Å². The number of halogens is 2. The van der Waals surface area contributed by atoms with Crippen molar-refractivity contribution in [1.82, 2.24) is 9.78 Å². The molecule has 1 N–H and O–H groups in total. The molecule has 0 radical (unpaired) electrons. The quantitative estimate of drug-likeness (QED) is 0.935. The van der Waals surface area contributed by atoms with Gasteiger partial charge in [-0.3, -0.25) is 4.68 Å². The van der Waals surface area contributed by atoms with Crippen LogP contribution in [0.15, 0.2) is 30.6 Å². The van der Waals surface area contributed by atoms with Gasteiger partial charge in [0.15, 0.2) is 0 Å². The average Bonchev–Trinajstić information content (AvgIpc) is 2.70. The lowest BCUT2D eigenvalue weighted by atomic mass is 10.0. The zero-order valence-corrected chi connectivity index (χ0v) is 11.5. The van der Waals surface area contributed by atoms with Crippen LogP contribution >= 0.6 is 23.2 Å². The molecule has 1 aromatic heterocycles. The van der Waals surface area contributed by atoms with Crippen molar-refractivity contribution < 1.29 is 5.11 Å². The van der Waals surface area contributed by atoms with Gasteiger partial charge in [-0.15, -0.1) is 0 Å². The summed E-state index contributed by atoms with van der Waals surface area (Å²) in [5.41, 5.74) is 1.85. The number of benzene rings is 1. The zero-order valence-electron chi connectivity index (χ0n) is 9.98. The molecule has 1 heterocycles. The second kappa shape index (κ2) is 5.74. The van der Waals surface area contributed by atoms with Crippen LogP contribution in [-0.2, 0) is 13.5 Å². The number of hydrogen-bond acceptors (Lipinski definition) is 2. The van der Waals surface area contributed by atoms with E-state index in [-0.39, 0.29) is 0 Å². The van der Waals surface area contributed by atoms with Crippen molar-refractivity contribution in [3.05, 3.63) is 51.8 Å². The molecule has 0 bridgehead atoms. The standard InChI is InChI=1S/C13H14Cl2N2O/c1-17-8-9(7-16-17)2-3-13(18)10-4-11(14)6-12(15)5-10/h4-8,13,18H,2-3H2,1H3. The number of hydrogen-bond donors (Lipinski definition) is 1. The number of rotatable bonds is 4. The summed E-state index contributed by atoms with van der Waals surface area (Å²) in [6.45, 7) is 0. The van der Waals surface area contributed by atoms with E-state index in [0.29, 0.717) is 16.5 Å². The number of aliphatic hydroxyl groups excluding tert-OH is 1. The zero-order chi connectivity index (χ0) is 13.1. The molecular formula is C13H14Cl2N2O. The van der Waals surface area contributed by atoms with Crippen molar-refractivity contribution >= 4 is 23.2 Å². The fourth-order valence-electron chi connectivity index (χ4n) is 1.84. The van der Waals surface area contributed by atoms with E-state index in [1.54, 1.807) is 29.1 Å². The van der Waals surface area contributed by atoms with Crippen molar-refractivity contribution in [3.8, 4) is 0 Å². The molecule has 0 aliphatic carbocycles. The fourth-order valence-corrected chi connectivity index (χ4v) is 2.38. The SMILES string of the molecule is Cn1cc(CCC(O)c2cc(Cl)cc(Cl)c2)cn1. The summed E-state index contributed by atoms with van der Waals surface area (Å²) < 4.78 is 1.75. The van der Waals surface area contributed by atoms with E-state index in [4.69, 9.17) is 23.2 Å². The number of aromatic nitrogens is 2. The number of aryl methyl sites for hydroxylation is 2. The molecule has 1 aromatic carbocycles. The Morgan fingerprint density at radius 3 is 2.50 bits per heavy atom. The lowest BCUT2D eigenvalue weighted by Gasteiger charge is -2.11. The lowest BCUT2D eigenvalue weighted by molar-refractivity contribution is 0.168. The average molecular weight is 285 g/mol. The summed E-state index contributed by atoms with van der Waals surface area (Å²) in [7, 11) is 1.87. The third-order valence-electron chi connectivity index (χ3n) is 2.73. The minimum atomic E-state index is -0.568. The molecule has 18 heavy (non-hydrogen) atoms. The highest BCUT2D eigenvalue weighted by molar-refractivity contribution is 6.34. The highest BCUT2D eigenvalue weighted by Crippen LogP contribution is 2.26. The summed E-state index contributed by atoms with van der Waals surface area (Å²) in [4.78, 5) is 0. The Morgan fingerprint density at radius 1 is 1.28 bits per heavy atom. The summed E-state index contributed by atoms with van der Waals surface area (Å²) in [5.74, 6) is 0. The smallest absolute Gasteiger partial charge is 0.0794 e. The molecule has 0 aliphatic rings. The number of aliphatic hydroxyl groups is 1. The molecule has 0 fully saturated rings. The van der Waals surface area contributed by atoms with E-state index in [1.165, 1.54) is 0 Å². The maximum atomic E-state index is 10.1. The van der Waals surface area contributed by atoms with Crippen molar-refractivity contribution in [2.45, 2.75) is 18.9 Å². The van der Waals surface area contributed by atoms with E-state index >= 15 is 0 Å². The summed E-state index contributed by atoms with van der Waals surface area (Å²) in [6, 6.07) is 5.13. The van der Waals surface area contributed by atoms with Crippen LogP contribution in [0.4, 0.5) is 0 Å². The first kappa shape index (κ1) is 13.4. The van der Waals surface area contributed by atoms with Crippen molar-refractivity contribution in [2.24, 2.45) is 7.05 Å². The molecule has 2 aromatic rings. The minimum absolute atomic E-state index is 0.540. The first-order chi connectivity index (χ1) is 8.54. The molecule has 0 saturated heterocycles. The van der Waals surface area contributed by atoms with Crippen LogP contribution in [0.1, 0.15) is 23.7 Å². The molecular weight excluding hydrogens is 271 g/mol. The molecule has 1 unspecified atom stereocenters. The van der Waals surface area contributed by atoms with Crippen molar-refractivity contribution in [2.75, 3.05) is 0 Å². The molecule has 96 valence electrons. The van der Waals surface area contributed by atoms with Gasteiger partial charge in [0.2, 0.25) is 0 Å². The van der Waals surface area contributed by atoms with Gasteiger partial charge in [0, 0.05) is 23.3 Å². The molecule has 0 spiro atoms. The van der Waals surface area contributed by atoms with Gasteiger partial charge in [-0.1, -0.05) is 23.2 Å². The first-order valence-corrected chi connectivity index (χ1v) is 6.42. The van der Waals surface area contributed by atoms with Crippen LogP contribution in [0.3, 0.4) is 0 Å². The van der Waals surface area contributed by atoms with Gasteiger partial charge in [0.25, 0.3) is 0 Å². The topological polar surface area (TPSA) is 38.0 Å². The maximum Gasteiger partial charge on any atom is 0.0794 e. The van der Waals surface area contributed by atoms with Crippen molar-refractivity contribution in [1.29, 1.82) is 0 Å². The van der Waals surface area contributed by atoms with Gasteiger partial charge in [0.1, 0.15) is 0 Å². The third-order valence-corrected chi connectivity index (χ3v) is 3.17. The Balaban J connectivity index is 2.01. The Morgan fingerprint density at radius 2 is 1.94 bits per heavy atom. The maximum absolute atomic E-state index is 10.1. The van der Waals surface area contributed by atoms with E-state index in [0.717, 1.165) is 17.5 Å². The van der Waals surface area contributed by atoms with Crippen LogP contribution in [0.25, 0.3) is 0 Å². The van der Waals surface area contributed by atoms with Crippen LogP contribution in [-0.4, -0.2) is 14.9 Å². The second-order valence-electron chi connectivity index (χ2n) is 4.28. The van der Waals surface area contributed by atoms with E-state index in [2.05, 4.69) is 5.10 Å². The molecule has 0 amide bonds. The van der Waals surface area contributed by atoms with Crippen LogP contribution in [0.5, 0.6) is 0 Å². The predicted molar refractivity (Wildman–Crippen MR) is 73.0 cm³/mol. The molecule has 1 atom stereocenters. The summed E-state index contributed by atoms with van der Waals surface area (Å²) in [5, 5.41) is 15.3. The number of nitrogens with zero attached hydrogens (tertiary/aromatic N) is 2. The Bertz CT molecular complexity index is 519. The van der Waals surface area contributed by atoms with E-state index in [1.807, 2.05) is 13.2 Å². The summed E-state index contributed by atoms with van der Waals surface area (Å²) >= 11 is 11.8. The van der Waals surface area contributed by atoms with Gasteiger partial charge in [-0.25, -0.2) is 0 Å². The molecule has 2 rings (SSSR count). The van der Waals surface area contributed by atoms with Crippen molar-refractivity contribution in [3.63, 3.8) is 0 Å². The van der Waals surface area contributed by atoms with Crippen LogP contribution in [0.2, 0.25) is 10.0 Å². The molecule has 0 saturated carbocycles.